The number of ketones is 1. The van der Waals surface area contributed by atoms with Gasteiger partial charge in [-0.05, 0) is 175 Å². The highest BCUT2D eigenvalue weighted by Crippen LogP contribution is 2.43. The van der Waals surface area contributed by atoms with Gasteiger partial charge in [0.2, 0.25) is 23.5 Å². The number of hydrogen-bond acceptors (Lipinski definition) is 20. The second-order valence-electron chi connectivity index (χ2n) is 31.0. The van der Waals surface area contributed by atoms with Crippen molar-refractivity contribution in [2.75, 3.05) is 83.8 Å². The number of aryl methyl sites for hydroxylation is 6. The molecule has 6 atom stereocenters. The zero-order chi connectivity index (χ0) is 86.4. The van der Waals surface area contributed by atoms with Crippen LogP contribution in [0.5, 0.6) is 11.5 Å². The molecule has 4 unspecified atom stereocenters. The van der Waals surface area contributed by atoms with E-state index in [4.69, 9.17) is 37.9 Å². The van der Waals surface area contributed by atoms with Gasteiger partial charge in [-0.2, -0.15) is 0 Å². The molecule has 0 radical (unpaired) electrons. The van der Waals surface area contributed by atoms with Gasteiger partial charge in [0.05, 0.1) is 53.5 Å². The zero-order valence-corrected chi connectivity index (χ0v) is 69.7. The van der Waals surface area contributed by atoms with Gasteiger partial charge in [0.1, 0.15) is 30.4 Å². The number of Topliss-reactive ketones (excluding diaryl/α,β-unsaturated/α-hetero) is 1. The van der Waals surface area contributed by atoms with E-state index in [1.807, 2.05) is 50.2 Å². The van der Waals surface area contributed by atoms with Crippen molar-refractivity contribution in [1.29, 1.82) is 0 Å². The summed E-state index contributed by atoms with van der Waals surface area (Å²) in [7, 11) is 6.79. The second kappa shape index (κ2) is 39.7. The molecule has 33 nitrogen and oxygen atoms in total. The molecule has 0 bridgehead atoms. The van der Waals surface area contributed by atoms with Crippen molar-refractivity contribution in [3.63, 3.8) is 0 Å². The SMILES string of the molecule is C=CCOC(=O)N1c2cc(OCCCC(=O)Nc3cn(C)c(C(=O)Nc4ccc(-c5cc(C(=O)O)n(C)c5)cc4)n3)c(C)cc2C(=O)N2CCCC[C@H]2C1OC1CCCCO1.C=CCOC(=O)N1c2cc(OCCCC(=O)Nc3cn(C)c(C(=O)Nc4ccc(-c5cc(C(C)=O)n(C)c5)cc4)n3)c(C)cc2C(=O)N2CCCC[C@H]2C1OC1CCCCO1. The first kappa shape index (κ1) is 87.1. The van der Waals surface area contributed by atoms with E-state index in [2.05, 4.69) is 44.4 Å². The smallest absolute Gasteiger partial charge is 0.416 e. The first-order chi connectivity index (χ1) is 58.8. The molecule has 4 aromatic carbocycles. The third-order valence-corrected chi connectivity index (χ3v) is 22.1. The molecule has 8 amide bonds. The number of carbonyl (C=O) groups is 10. The summed E-state index contributed by atoms with van der Waals surface area (Å²) in [5.41, 5.74) is 7.79. The Morgan fingerprint density at radius 2 is 0.918 bits per heavy atom. The van der Waals surface area contributed by atoms with Crippen molar-refractivity contribution < 1.29 is 90.9 Å². The molecule has 0 spiro atoms. The summed E-state index contributed by atoms with van der Waals surface area (Å²) in [5.74, 6) is -1.55. The van der Waals surface area contributed by atoms with E-state index in [1.165, 1.54) is 48.8 Å². The molecule has 10 heterocycles. The van der Waals surface area contributed by atoms with E-state index in [-0.39, 0.29) is 97.7 Å². The number of carboxylic acid groups (broad SMARTS) is 1. The Kier molecular flexibility index (Phi) is 28.3. The minimum absolute atomic E-state index is 0.0234. The number of carboxylic acids is 1. The van der Waals surface area contributed by atoms with Crippen LogP contribution in [-0.4, -0.2) is 192 Å². The van der Waals surface area contributed by atoms with E-state index < -0.39 is 67.1 Å². The van der Waals surface area contributed by atoms with Gasteiger partial charge < -0.3 is 92.3 Å². The summed E-state index contributed by atoms with van der Waals surface area (Å²) < 4.78 is 55.0. The maximum Gasteiger partial charge on any atom is 0.416 e. The number of benzene rings is 4. The van der Waals surface area contributed by atoms with Gasteiger partial charge in [0, 0.05) is 134 Å². The topological polar surface area (TPSA) is 371 Å². The minimum Gasteiger partial charge on any atom is -0.493 e. The first-order valence-electron chi connectivity index (χ1n) is 41.2. The van der Waals surface area contributed by atoms with E-state index in [1.54, 1.807) is 110 Å². The van der Waals surface area contributed by atoms with E-state index in [9.17, 15) is 53.1 Å². The largest absolute Gasteiger partial charge is 0.493 e. The monoisotopic (exact) mass is 1670 g/mol. The van der Waals surface area contributed by atoms with Crippen molar-refractivity contribution >= 4 is 93.8 Å². The molecule has 644 valence electrons. The molecule has 0 saturated carbocycles. The molecule has 6 aliphatic heterocycles. The van der Waals surface area contributed by atoms with Gasteiger partial charge in [0.15, 0.2) is 42.5 Å². The molecule has 6 aliphatic rings. The van der Waals surface area contributed by atoms with Crippen LogP contribution in [0.3, 0.4) is 0 Å². The third kappa shape index (κ3) is 20.5. The Hall–Kier alpha value is -12.7. The van der Waals surface area contributed by atoms with Gasteiger partial charge in [-0.15, -0.1) is 0 Å². The van der Waals surface area contributed by atoms with Crippen molar-refractivity contribution in [2.24, 2.45) is 28.2 Å². The maximum absolute atomic E-state index is 14.2. The number of ether oxygens (including phenoxy) is 8. The Morgan fingerprint density at radius 1 is 0.508 bits per heavy atom. The number of fused-ring (bicyclic) bond motifs is 4. The standard InChI is InChI=1S/C45H53N7O9.C44H51N7O10/c1-6-20-60-45(57)52-36-25-37(28(2)23-33(36)43(56)51-19-9-7-12-34(51)44(52)61-40-14-8-10-21-59-40)58-22-11-13-39(54)47-38-27-50(5)41(48-38)42(55)46-32-17-15-30(16-18-32)31-24-35(29(3)53)49(4)26-31;1-5-19-60-44(57)51-33-24-35(27(2)22-31(33)41(54)50-18-8-6-11-32(50)42(51)61-38-13-7-9-20-59-38)58-21-10-12-37(52)46-36-26-49(4)39(47-36)40(53)45-30-16-14-28(15-17-30)29-23-34(43(55)56)48(3)25-29/h6,15-18,23-27,34,40,44H,1,7-14,19-22H2,2-5H3,(H,46,55)(H,47,54);5,14-17,22-26,32,38,42H,1,6-13,18-21H2,2-4H3,(H,45,53)(H,46,52)(H,55,56)/t34-,40?,44?;32-,38?,42?/m00/s1. The molecule has 0 aliphatic carbocycles. The van der Waals surface area contributed by atoms with Gasteiger partial charge in [-0.3, -0.25) is 33.6 Å². The van der Waals surface area contributed by atoms with Crippen LogP contribution in [0, 0.1) is 13.8 Å². The van der Waals surface area contributed by atoms with E-state index in [0.29, 0.717) is 127 Å². The zero-order valence-electron chi connectivity index (χ0n) is 69.7. The van der Waals surface area contributed by atoms with Gasteiger partial charge in [0.25, 0.3) is 23.6 Å². The summed E-state index contributed by atoms with van der Waals surface area (Å²) in [6.45, 7) is 15.0. The average Bonchev–Trinajstić information content (AvgIpc) is 1.61. The molecule has 5 N–H and O–H groups in total. The van der Waals surface area contributed by atoms with Crippen LogP contribution >= 0.6 is 0 Å². The van der Waals surface area contributed by atoms with Crippen LogP contribution in [0.4, 0.5) is 44.0 Å². The molecule has 8 aromatic rings. The van der Waals surface area contributed by atoms with Crippen molar-refractivity contribution in [1.82, 2.24) is 38.0 Å². The van der Waals surface area contributed by atoms with Crippen molar-refractivity contribution in [3.8, 4) is 33.8 Å². The molecule has 122 heavy (non-hydrogen) atoms. The van der Waals surface area contributed by atoms with Gasteiger partial charge >= 0.3 is 18.2 Å². The Labute approximate surface area is 706 Å². The normalized spacial score (nSPS) is 18.7. The summed E-state index contributed by atoms with van der Waals surface area (Å²) >= 11 is 0. The van der Waals surface area contributed by atoms with Crippen LogP contribution in [0.2, 0.25) is 0 Å². The average molecular weight is 1670 g/mol. The number of imidazole rings is 2. The Balaban J connectivity index is 0.000000210. The molecular weight excluding hydrogens is 1570 g/mol. The lowest BCUT2D eigenvalue weighted by Gasteiger charge is -2.42. The van der Waals surface area contributed by atoms with Crippen LogP contribution in [0.25, 0.3) is 22.3 Å². The van der Waals surface area contributed by atoms with Crippen molar-refractivity contribution in [3.05, 3.63) is 180 Å². The quantitative estimate of drug-likeness (QED) is 0.0173. The molecule has 33 heteroatoms. The highest BCUT2D eigenvalue weighted by atomic mass is 16.7. The molecule has 14 rings (SSSR count). The lowest BCUT2D eigenvalue weighted by atomic mass is 10.00. The Bertz CT molecular complexity index is 4910. The lowest BCUT2D eigenvalue weighted by molar-refractivity contribution is -0.199. The number of rotatable bonds is 28. The molecule has 4 aromatic heterocycles. The number of anilines is 6. The van der Waals surface area contributed by atoms with Gasteiger partial charge in [-0.1, -0.05) is 49.6 Å². The summed E-state index contributed by atoms with van der Waals surface area (Å²) in [5, 5.41) is 20.5. The fraction of sp³-hybridized carbons (Fsp3) is 0.416. The van der Waals surface area contributed by atoms with E-state index >= 15 is 0 Å². The highest BCUT2D eigenvalue weighted by Gasteiger charge is 2.49. The second-order valence-corrected chi connectivity index (χ2v) is 31.0. The van der Waals surface area contributed by atoms with Crippen LogP contribution in [0.15, 0.2) is 135 Å². The van der Waals surface area contributed by atoms with Gasteiger partial charge in [-0.25, -0.2) is 34.2 Å². The number of piperidine rings is 2. The lowest BCUT2D eigenvalue weighted by Crippen LogP contribution is -2.57. The predicted molar refractivity (Wildman–Crippen MR) is 452 cm³/mol. The number of nitrogens with zero attached hydrogens (tertiary/aromatic N) is 10. The maximum atomic E-state index is 14.2. The highest BCUT2D eigenvalue weighted by molar-refractivity contribution is 6.08. The number of amides is 8. The molecule has 4 fully saturated rings. The Morgan fingerprint density at radius 3 is 1.30 bits per heavy atom. The van der Waals surface area contributed by atoms with Crippen LogP contribution < -0.4 is 40.5 Å². The molecular formula is C89H104N14O19. The molecule has 4 saturated heterocycles. The fourth-order valence-electron chi connectivity index (χ4n) is 16.0. The van der Waals surface area contributed by atoms with Crippen LogP contribution in [0.1, 0.15) is 184 Å². The summed E-state index contributed by atoms with van der Waals surface area (Å²) in [6, 6.07) is 23.6. The minimum atomic E-state index is -1.02. The first-order valence-corrected chi connectivity index (χ1v) is 41.2. The number of aromatic carboxylic acids is 1. The summed E-state index contributed by atoms with van der Waals surface area (Å²) in [6.07, 6.45) is 16.1. The fourth-order valence-corrected chi connectivity index (χ4v) is 16.0. The number of nitrogens with one attached hydrogen (secondary N) is 4. The van der Waals surface area contributed by atoms with Crippen molar-refractivity contribution in [2.45, 2.75) is 161 Å². The van der Waals surface area contributed by atoms with E-state index in [0.717, 1.165) is 73.6 Å². The summed E-state index contributed by atoms with van der Waals surface area (Å²) in [4.78, 5) is 147. The van der Waals surface area contributed by atoms with Crippen LogP contribution in [-0.2, 0) is 66.2 Å². The number of hydrogen-bond donors (Lipinski definition) is 5. The number of aromatic nitrogens is 6. The predicted octanol–water partition coefficient (Wildman–Crippen LogP) is 13.5. The third-order valence-electron chi connectivity index (χ3n) is 22.1. The number of carbonyl (C=O) groups excluding carboxylic acids is 9.